The third-order valence-corrected chi connectivity index (χ3v) is 1.71. The van der Waals surface area contributed by atoms with E-state index in [2.05, 4.69) is 24.5 Å². The summed E-state index contributed by atoms with van der Waals surface area (Å²) in [4.78, 5) is 9.96. The number of nitro groups is 1. The molecule has 0 saturated heterocycles. The quantitative estimate of drug-likeness (QED) is 0.241. The lowest BCUT2D eigenvalue weighted by Gasteiger charge is -1.97. The van der Waals surface area contributed by atoms with Crippen molar-refractivity contribution in [3.05, 3.63) is 33.9 Å². The number of non-ortho nitro benzene ring substituents is 1. The number of benzene rings is 1. The summed E-state index contributed by atoms with van der Waals surface area (Å²) in [6.07, 6.45) is 0. The Bertz CT molecular complexity index is 421. The van der Waals surface area contributed by atoms with E-state index < -0.39 is 4.92 Å². The van der Waals surface area contributed by atoms with Gasteiger partial charge in [-0.25, -0.2) is 0 Å². The first-order chi connectivity index (χ1) is 6.65. The standard InChI is InChI=1S/C9H8N2O2S/c10-9-4-3-8(11(12)13)6-7(9)2-1-5-14/h3-4,6,14H,5,10H2. The van der Waals surface area contributed by atoms with E-state index in [1.807, 2.05) is 0 Å². The van der Waals surface area contributed by atoms with Gasteiger partial charge in [-0.2, -0.15) is 12.6 Å². The van der Waals surface area contributed by atoms with Crippen molar-refractivity contribution in [1.82, 2.24) is 0 Å². The molecule has 0 radical (unpaired) electrons. The van der Waals surface area contributed by atoms with E-state index >= 15 is 0 Å². The van der Waals surface area contributed by atoms with Crippen LogP contribution in [0.1, 0.15) is 5.56 Å². The molecule has 0 aliphatic heterocycles. The van der Waals surface area contributed by atoms with Crippen molar-refractivity contribution in [3.63, 3.8) is 0 Å². The molecular formula is C9H8N2O2S. The van der Waals surface area contributed by atoms with E-state index in [1.54, 1.807) is 0 Å². The minimum absolute atomic E-state index is 0.0114. The zero-order valence-electron chi connectivity index (χ0n) is 7.23. The molecule has 0 aliphatic carbocycles. The molecule has 0 aromatic heterocycles. The maximum absolute atomic E-state index is 10.4. The Morgan fingerprint density at radius 2 is 2.29 bits per heavy atom. The second kappa shape index (κ2) is 4.53. The molecule has 0 saturated carbocycles. The Morgan fingerprint density at radius 3 is 2.86 bits per heavy atom. The van der Waals surface area contributed by atoms with Crippen LogP contribution >= 0.6 is 12.6 Å². The number of hydrogen-bond donors (Lipinski definition) is 2. The number of anilines is 1. The van der Waals surface area contributed by atoms with E-state index in [0.717, 1.165) is 0 Å². The van der Waals surface area contributed by atoms with Gasteiger partial charge in [0.15, 0.2) is 0 Å². The van der Waals surface area contributed by atoms with Crippen LogP contribution in [0.25, 0.3) is 0 Å². The van der Waals surface area contributed by atoms with Crippen LogP contribution in [0, 0.1) is 22.0 Å². The highest BCUT2D eigenvalue weighted by Crippen LogP contribution is 2.18. The second-order valence-corrected chi connectivity index (χ2v) is 2.80. The highest BCUT2D eigenvalue weighted by molar-refractivity contribution is 7.80. The SMILES string of the molecule is Nc1ccc([N+](=O)[O-])cc1C#CCS. The minimum Gasteiger partial charge on any atom is -0.398 e. The zero-order valence-corrected chi connectivity index (χ0v) is 8.12. The lowest BCUT2D eigenvalue weighted by atomic mass is 10.1. The van der Waals surface area contributed by atoms with Gasteiger partial charge in [-0.05, 0) is 6.07 Å². The second-order valence-electron chi connectivity index (χ2n) is 2.49. The number of rotatable bonds is 1. The Labute approximate surface area is 86.7 Å². The Hall–Kier alpha value is -1.67. The average molecular weight is 208 g/mol. The first kappa shape index (κ1) is 10.4. The van der Waals surface area contributed by atoms with Gasteiger partial charge in [0, 0.05) is 17.8 Å². The van der Waals surface area contributed by atoms with Crippen LogP contribution in [0.2, 0.25) is 0 Å². The first-order valence-electron chi connectivity index (χ1n) is 3.79. The number of thiol groups is 1. The summed E-state index contributed by atoms with van der Waals surface area (Å²) >= 11 is 3.90. The normalized spacial score (nSPS) is 8.93. The van der Waals surface area contributed by atoms with E-state index in [0.29, 0.717) is 17.0 Å². The lowest BCUT2D eigenvalue weighted by Crippen LogP contribution is -1.93. The fourth-order valence-corrected chi connectivity index (χ4v) is 0.980. The van der Waals surface area contributed by atoms with Gasteiger partial charge in [0.05, 0.1) is 16.2 Å². The van der Waals surface area contributed by atoms with Gasteiger partial charge in [-0.1, -0.05) is 11.8 Å². The smallest absolute Gasteiger partial charge is 0.270 e. The maximum Gasteiger partial charge on any atom is 0.270 e. The Balaban J connectivity index is 3.14. The van der Waals surface area contributed by atoms with Gasteiger partial charge in [0.2, 0.25) is 0 Å². The molecule has 72 valence electrons. The molecule has 0 unspecified atom stereocenters. The maximum atomic E-state index is 10.4. The molecule has 4 nitrogen and oxygen atoms in total. The highest BCUT2D eigenvalue weighted by Gasteiger charge is 2.06. The summed E-state index contributed by atoms with van der Waals surface area (Å²) in [6, 6.07) is 4.17. The summed E-state index contributed by atoms with van der Waals surface area (Å²) in [6.45, 7) is 0. The molecule has 1 aromatic carbocycles. The van der Waals surface area contributed by atoms with Gasteiger partial charge in [0.25, 0.3) is 5.69 Å². The number of nitro benzene ring substituents is 1. The van der Waals surface area contributed by atoms with Crippen LogP contribution < -0.4 is 5.73 Å². The van der Waals surface area contributed by atoms with Crippen LogP contribution in [0.5, 0.6) is 0 Å². The summed E-state index contributed by atoms with van der Waals surface area (Å²) in [7, 11) is 0. The van der Waals surface area contributed by atoms with Gasteiger partial charge in [-0.15, -0.1) is 0 Å². The van der Waals surface area contributed by atoms with Crippen molar-refractivity contribution >= 4 is 24.0 Å². The van der Waals surface area contributed by atoms with Crippen molar-refractivity contribution in [2.75, 3.05) is 11.5 Å². The van der Waals surface area contributed by atoms with Gasteiger partial charge in [-0.3, -0.25) is 10.1 Å². The van der Waals surface area contributed by atoms with Gasteiger partial charge < -0.3 is 5.73 Å². The highest BCUT2D eigenvalue weighted by atomic mass is 32.1. The van der Waals surface area contributed by atoms with E-state index in [4.69, 9.17) is 5.73 Å². The molecular weight excluding hydrogens is 200 g/mol. The topological polar surface area (TPSA) is 69.2 Å². The van der Waals surface area contributed by atoms with Crippen molar-refractivity contribution in [2.45, 2.75) is 0 Å². The van der Waals surface area contributed by atoms with E-state index in [1.165, 1.54) is 18.2 Å². The fraction of sp³-hybridized carbons (Fsp3) is 0.111. The Morgan fingerprint density at radius 1 is 1.57 bits per heavy atom. The molecule has 14 heavy (non-hydrogen) atoms. The van der Waals surface area contributed by atoms with Crippen molar-refractivity contribution in [2.24, 2.45) is 0 Å². The molecule has 0 heterocycles. The summed E-state index contributed by atoms with van der Waals surface area (Å²) in [5, 5.41) is 10.4. The van der Waals surface area contributed by atoms with Crippen molar-refractivity contribution < 1.29 is 4.92 Å². The van der Waals surface area contributed by atoms with Crippen LogP contribution in [0.4, 0.5) is 11.4 Å². The molecule has 0 aliphatic rings. The number of hydrogen-bond acceptors (Lipinski definition) is 4. The van der Waals surface area contributed by atoms with Crippen molar-refractivity contribution in [3.8, 4) is 11.8 Å². The lowest BCUT2D eigenvalue weighted by molar-refractivity contribution is -0.384. The number of nitrogens with zero attached hydrogens (tertiary/aromatic N) is 1. The summed E-state index contributed by atoms with van der Waals surface area (Å²) in [5.74, 6) is 5.78. The molecule has 1 aromatic rings. The van der Waals surface area contributed by atoms with Crippen LogP contribution in [0.3, 0.4) is 0 Å². The Kier molecular flexibility index (Phi) is 3.37. The molecule has 0 spiro atoms. The molecule has 0 bridgehead atoms. The van der Waals surface area contributed by atoms with Gasteiger partial charge >= 0.3 is 0 Å². The molecule has 0 atom stereocenters. The van der Waals surface area contributed by atoms with Crippen LogP contribution in [-0.2, 0) is 0 Å². The fourth-order valence-electron chi connectivity index (χ4n) is 0.901. The van der Waals surface area contributed by atoms with Crippen LogP contribution in [0.15, 0.2) is 18.2 Å². The minimum atomic E-state index is -0.481. The van der Waals surface area contributed by atoms with Gasteiger partial charge in [0.1, 0.15) is 0 Å². The number of nitrogen functional groups attached to an aromatic ring is 1. The van der Waals surface area contributed by atoms with Crippen molar-refractivity contribution in [1.29, 1.82) is 0 Å². The molecule has 2 N–H and O–H groups in total. The molecule has 0 fully saturated rings. The predicted molar refractivity (Wildman–Crippen MR) is 58.2 cm³/mol. The first-order valence-corrected chi connectivity index (χ1v) is 4.42. The van der Waals surface area contributed by atoms with Crippen LogP contribution in [-0.4, -0.2) is 10.7 Å². The predicted octanol–water partition coefficient (Wildman–Crippen LogP) is 1.46. The molecule has 1 rings (SSSR count). The zero-order chi connectivity index (χ0) is 10.6. The summed E-state index contributed by atoms with van der Waals surface area (Å²) in [5.41, 5.74) is 6.47. The third kappa shape index (κ3) is 2.41. The summed E-state index contributed by atoms with van der Waals surface area (Å²) < 4.78 is 0. The molecule has 5 heteroatoms. The monoisotopic (exact) mass is 208 g/mol. The third-order valence-electron chi connectivity index (χ3n) is 1.55. The average Bonchev–Trinajstić information content (AvgIpc) is 2.16. The van der Waals surface area contributed by atoms with E-state index in [-0.39, 0.29) is 5.69 Å². The van der Waals surface area contributed by atoms with E-state index in [9.17, 15) is 10.1 Å². The molecule has 0 amide bonds. The largest absolute Gasteiger partial charge is 0.398 e. The number of nitrogens with two attached hydrogens (primary N) is 1.